The highest BCUT2D eigenvalue weighted by atomic mass is 16.4. The number of benzene rings is 2. The average Bonchev–Trinajstić information content (AvgIpc) is 2.48. The molecule has 20 heavy (non-hydrogen) atoms. The third-order valence-corrected chi connectivity index (χ3v) is 3.22. The summed E-state index contributed by atoms with van der Waals surface area (Å²) >= 11 is 0. The van der Waals surface area contributed by atoms with E-state index in [4.69, 9.17) is 5.11 Å². The lowest BCUT2D eigenvalue weighted by Crippen LogP contribution is -2.20. The number of nitrogens with one attached hydrogen (secondary N) is 1. The van der Waals surface area contributed by atoms with E-state index in [0.717, 1.165) is 31.5 Å². The van der Waals surface area contributed by atoms with E-state index in [9.17, 15) is 4.79 Å². The molecule has 0 saturated carbocycles. The molecular formula is C17H19NO2. The van der Waals surface area contributed by atoms with Crippen molar-refractivity contribution in [3.63, 3.8) is 0 Å². The molecule has 104 valence electrons. The van der Waals surface area contributed by atoms with E-state index >= 15 is 0 Å². The standard InChI is InChI=1S/C17H19NO2/c19-17(20)16-8-6-15(7-9-16)11-13-18-12-10-14-4-2-1-3-5-14/h1-9,18H,10-13H2,(H,19,20). The van der Waals surface area contributed by atoms with Crippen LogP contribution in [-0.2, 0) is 12.8 Å². The van der Waals surface area contributed by atoms with Crippen molar-refractivity contribution in [2.45, 2.75) is 12.8 Å². The summed E-state index contributed by atoms with van der Waals surface area (Å²) in [5, 5.41) is 12.2. The monoisotopic (exact) mass is 269 g/mol. The number of rotatable bonds is 7. The lowest BCUT2D eigenvalue weighted by molar-refractivity contribution is 0.0697. The van der Waals surface area contributed by atoms with E-state index in [-0.39, 0.29) is 0 Å². The Morgan fingerprint density at radius 2 is 1.40 bits per heavy atom. The first-order valence-electron chi connectivity index (χ1n) is 6.82. The molecule has 2 rings (SSSR count). The fraction of sp³-hybridized carbons (Fsp3) is 0.235. The van der Waals surface area contributed by atoms with Crippen molar-refractivity contribution in [3.8, 4) is 0 Å². The van der Waals surface area contributed by atoms with Gasteiger partial charge in [0.2, 0.25) is 0 Å². The van der Waals surface area contributed by atoms with Crippen molar-refractivity contribution in [1.82, 2.24) is 5.32 Å². The Balaban J connectivity index is 1.67. The molecule has 0 aromatic heterocycles. The summed E-state index contributed by atoms with van der Waals surface area (Å²) in [7, 11) is 0. The summed E-state index contributed by atoms with van der Waals surface area (Å²) in [4.78, 5) is 10.7. The number of hydrogen-bond acceptors (Lipinski definition) is 2. The van der Waals surface area contributed by atoms with E-state index in [1.165, 1.54) is 5.56 Å². The lowest BCUT2D eigenvalue weighted by Gasteiger charge is -2.05. The smallest absolute Gasteiger partial charge is 0.335 e. The summed E-state index contributed by atoms with van der Waals surface area (Å²) < 4.78 is 0. The molecule has 0 heterocycles. The van der Waals surface area contributed by atoms with Gasteiger partial charge in [0.15, 0.2) is 0 Å². The average molecular weight is 269 g/mol. The van der Waals surface area contributed by atoms with Crippen LogP contribution in [0, 0.1) is 0 Å². The van der Waals surface area contributed by atoms with Crippen molar-refractivity contribution in [2.24, 2.45) is 0 Å². The predicted molar refractivity (Wildman–Crippen MR) is 80.1 cm³/mol. The number of carboxylic acid groups (broad SMARTS) is 1. The van der Waals surface area contributed by atoms with Crippen molar-refractivity contribution in [1.29, 1.82) is 0 Å². The normalized spacial score (nSPS) is 10.4. The minimum Gasteiger partial charge on any atom is -0.478 e. The van der Waals surface area contributed by atoms with Crippen LogP contribution in [0.25, 0.3) is 0 Å². The highest BCUT2D eigenvalue weighted by Crippen LogP contribution is 2.05. The van der Waals surface area contributed by atoms with Gasteiger partial charge in [-0.15, -0.1) is 0 Å². The predicted octanol–water partition coefficient (Wildman–Crippen LogP) is 2.76. The van der Waals surface area contributed by atoms with Crippen molar-refractivity contribution in [2.75, 3.05) is 13.1 Å². The maximum absolute atomic E-state index is 10.7. The SMILES string of the molecule is O=C(O)c1ccc(CCNCCc2ccccc2)cc1. The van der Waals surface area contributed by atoms with Gasteiger partial charge in [0.1, 0.15) is 0 Å². The zero-order chi connectivity index (χ0) is 14.2. The first-order valence-corrected chi connectivity index (χ1v) is 6.82. The van der Waals surface area contributed by atoms with Crippen LogP contribution in [0.1, 0.15) is 21.5 Å². The highest BCUT2D eigenvalue weighted by Gasteiger charge is 2.01. The summed E-state index contributed by atoms with van der Waals surface area (Å²) in [5.41, 5.74) is 2.83. The largest absolute Gasteiger partial charge is 0.478 e. The molecule has 2 N–H and O–H groups in total. The fourth-order valence-corrected chi connectivity index (χ4v) is 2.05. The Labute approximate surface area is 119 Å². The molecule has 3 heteroatoms. The number of hydrogen-bond donors (Lipinski definition) is 2. The molecule has 0 bridgehead atoms. The molecule has 0 amide bonds. The van der Waals surface area contributed by atoms with E-state index in [1.807, 2.05) is 18.2 Å². The quantitative estimate of drug-likeness (QED) is 0.760. The second-order valence-electron chi connectivity index (χ2n) is 4.74. The van der Waals surface area contributed by atoms with Crippen LogP contribution in [0.5, 0.6) is 0 Å². The van der Waals surface area contributed by atoms with Gasteiger partial charge in [-0.25, -0.2) is 4.79 Å². The summed E-state index contributed by atoms with van der Waals surface area (Å²) in [6.45, 7) is 1.86. The van der Waals surface area contributed by atoms with Gasteiger partial charge in [-0.1, -0.05) is 42.5 Å². The fourth-order valence-electron chi connectivity index (χ4n) is 2.05. The van der Waals surface area contributed by atoms with Gasteiger partial charge >= 0.3 is 5.97 Å². The third kappa shape index (κ3) is 4.52. The first-order chi connectivity index (χ1) is 9.75. The highest BCUT2D eigenvalue weighted by molar-refractivity contribution is 5.87. The van der Waals surface area contributed by atoms with Crippen LogP contribution in [0.2, 0.25) is 0 Å². The molecule has 0 fully saturated rings. The first kappa shape index (κ1) is 14.3. The van der Waals surface area contributed by atoms with E-state index in [0.29, 0.717) is 5.56 Å². The summed E-state index contributed by atoms with van der Waals surface area (Å²) in [6, 6.07) is 17.5. The topological polar surface area (TPSA) is 49.3 Å². The minimum absolute atomic E-state index is 0.339. The second kappa shape index (κ2) is 7.46. The lowest BCUT2D eigenvalue weighted by atomic mass is 10.1. The second-order valence-corrected chi connectivity index (χ2v) is 4.74. The molecule has 0 atom stereocenters. The van der Waals surface area contributed by atoms with E-state index < -0.39 is 5.97 Å². The van der Waals surface area contributed by atoms with Crippen LogP contribution in [0.15, 0.2) is 54.6 Å². The van der Waals surface area contributed by atoms with Crippen LogP contribution in [-0.4, -0.2) is 24.2 Å². The van der Waals surface area contributed by atoms with Crippen LogP contribution in [0.4, 0.5) is 0 Å². The van der Waals surface area contributed by atoms with Crippen molar-refractivity contribution < 1.29 is 9.90 Å². The van der Waals surface area contributed by atoms with E-state index in [2.05, 4.69) is 29.6 Å². The van der Waals surface area contributed by atoms with Gasteiger partial charge in [-0.2, -0.15) is 0 Å². The van der Waals surface area contributed by atoms with Gasteiger partial charge < -0.3 is 10.4 Å². The molecule has 2 aromatic carbocycles. The molecule has 0 saturated heterocycles. The zero-order valence-corrected chi connectivity index (χ0v) is 11.4. The Hall–Kier alpha value is -2.13. The molecule has 3 nitrogen and oxygen atoms in total. The van der Waals surface area contributed by atoms with Crippen molar-refractivity contribution in [3.05, 3.63) is 71.3 Å². The molecule has 0 radical (unpaired) electrons. The van der Waals surface area contributed by atoms with Gasteiger partial charge in [-0.05, 0) is 49.2 Å². The van der Waals surface area contributed by atoms with Crippen LogP contribution >= 0.6 is 0 Å². The molecular weight excluding hydrogens is 250 g/mol. The van der Waals surface area contributed by atoms with Gasteiger partial charge in [0.05, 0.1) is 5.56 Å². The Bertz CT molecular complexity index is 535. The van der Waals surface area contributed by atoms with E-state index in [1.54, 1.807) is 12.1 Å². The Kier molecular flexibility index (Phi) is 5.33. The number of aromatic carboxylic acids is 1. The summed E-state index contributed by atoms with van der Waals surface area (Å²) in [6.07, 6.45) is 1.94. The molecule has 2 aromatic rings. The summed E-state index contributed by atoms with van der Waals surface area (Å²) in [5.74, 6) is -0.877. The third-order valence-electron chi connectivity index (χ3n) is 3.22. The molecule has 0 unspecified atom stereocenters. The number of carboxylic acids is 1. The van der Waals surface area contributed by atoms with Gasteiger partial charge in [-0.3, -0.25) is 0 Å². The molecule has 0 aliphatic heterocycles. The minimum atomic E-state index is -0.877. The Morgan fingerprint density at radius 1 is 0.850 bits per heavy atom. The zero-order valence-electron chi connectivity index (χ0n) is 11.4. The van der Waals surface area contributed by atoms with Gasteiger partial charge in [0, 0.05) is 0 Å². The van der Waals surface area contributed by atoms with Crippen LogP contribution < -0.4 is 5.32 Å². The maximum atomic E-state index is 10.7. The molecule has 0 aliphatic carbocycles. The maximum Gasteiger partial charge on any atom is 0.335 e. The molecule has 0 aliphatic rings. The van der Waals surface area contributed by atoms with Crippen LogP contribution in [0.3, 0.4) is 0 Å². The van der Waals surface area contributed by atoms with Gasteiger partial charge in [0.25, 0.3) is 0 Å². The van der Waals surface area contributed by atoms with Crippen molar-refractivity contribution >= 4 is 5.97 Å². The molecule has 0 spiro atoms. The Morgan fingerprint density at radius 3 is 1.95 bits per heavy atom. The number of carbonyl (C=O) groups is 1.